The van der Waals surface area contributed by atoms with Crippen LogP contribution in [0, 0.1) is 0 Å². The minimum Gasteiger partial charge on any atom is -0.252 e. The van der Waals surface area contributed by atoms with Crippen molar-refractivity contribution in [3.63, 3.8) is 0 Å². The lowest BCUT2D eigenvalue weighted by molar-refractivity contribution is -0.339. The van der Waals surface area contributed by atoms with E-state index in [0.717, 1.165) is 0 Å². The van der Waals surface area contributed by atoms with E-state index < -0.39 is 9.28 Å². The first-order valence-corrected chi connectivity index (χ1v) is 7.20. The molecule has 0 heterocycles. The Hall–Kier alpha value is -0.203. The van der Waals surface area contributed by atoms with Crippen LogP contribution >= 0.6 is 0 Å². The van der Waals surface area contributed by atoms with Gasteiger partial charge < -0.3 is 0 Å². The van der Waals surface area contributed by atoms with Crippen molar-refractivity contribution in [3.05, 3.63) is 12.7 Å². The monoisotopic (exact) mass is 248 g/mol. The Kier molecular flexibility index (Phi) is 6.43. The van der Waals surface area contributed by atoms with Crippen molar-refractivity contribution in [2.75, 3.05) is 0 Å². The molecule has 0 amide bonds. The molecule has 0 aromatic carbocycles. The SMILES string of the molecule is C=CC[SiH](OOC(C)(C)C)OOC(C)(C)C. The van der Waals surface area contributed by atoms with Gasteiger partial charge in [-0.3, -0.25) is 9.15 Å². The maximum absolute atomic E-state index is 5.26. The molecule has 96 valence electrons. The molecule has 5 heteroatoms. The Bertz CT molecular complexity index is 187. The molecule has 0 radical (unpaired) electrons. The zero-order valence-electron chi connectivity index (χ0n) is 11.2. The zero-order chi connectivity index (χ0) is 12.8. The summed E-state index contributed by atoms with van der Waals surface area (Å²) < 4.78 is 10.5. The topological polar surface area (TPSA) is 36.9 Å². The van der Waals surface area contributed by atoms with Gasteiger partial charge in [-0.05, 0) is 41.5 Å². The summed E-state index contributed by atoms with van der Waals surface area (Å²) in [7, 11) is -2.00. The number of allylic oxidation sites excluding steroid dienone is 1. The van der Waals surface area contributed by atoms with Crippen molar-refractivity contribution in [2.24, 2.45) is 0 Å². The van der Waals surface area contributed by atoms with Gasteiger partial charge >= 0.3 is 9.28 Å². The molecule has 0 aliphatic rings. The van der Waals surface area contributed by atoms with Gasteiger partial charge in [0.05, 0.1) is 11.2 Å². The maximum atomic E-state index is 5.26. The Labute approximate surface area is 100 Å². The fourth-order valence-corrected chi connectivity index (χ4v) is 1.88. The first-order valence-electron chi connectivity index (χ1n) is 5.44. The molecule has 0 unspecified atom stereocenters. The van der Waals surface area contributed by atoms with E-state index in [9.17, 15) is 0 Å². The molecule has 0 saturated heterocycles. The van der Waals surface area contributed by atoms with Crippen LogP contribution in [0.5, 0.6) is 0 Å². The second kappa shape index (κ2) is 6.51. The normalized spacial score (nSPS) is 13.2. The van der Waals surface area contributed by atoms with Crippen molar-refractivity contribution >= 4 is 9.28 Å². The molecule has 0 spiro atoms. The molecule has 0 fully saturated rings. The molecule has 0 bridgehead atoms. The fourth-order valence-electron chi connectivity index (χ4n) is 0.627. The number of hydrogen-bond donors (Lipinski definition) is 0. The van der Waals surface area contributed by atoms with Crippen LogP contribution in [0.4, 0.5) is 0 Å². The average Bonchev–Trinajstić information content (AvgIpc) is 2.07. The van der Waals surface area contributed by atoms with Crippen molar-refractivity contribution in [1.82, 2.24) is 0 Å². The summed E-state index contributed by atoms with van der Waals surface area (Å²) in [5, 5.41) is 0. The van der Waals surface area contributed by atoms with Crippen molar-refractivity contribution in [2.45, 2.75) is 58.8 Å². The summed E-state index contributed by atoms with van der Waals surface area (Å²) >= 11 is 0. The van der Waals surface area contributed by atoms with Crippen molar-refractivity contribution < 1.29 is 18.9 Å². The standard InChI is InChI=1S/C11H24O4Si/c1-8-9-16(14-12-10(2,3)4)15-13-11(5,6)7/h8,16H,1,9H2,2-7H3. The third-order valence-electron chi connectivity index (χ3n) is 1.17. The smallest absolute Gasteiger partial charge is 0.252 e. The summed E-state index contributed by atoms with van der Waals surface area (Å²) in [6.07, 6.45) is 1.74. The summed E-state index contributed by atoms with van der Waals surface area (Å²) in [4.78, 5) is 10.4. The van der Waals surface area contributed by atoms with Gasteiger partial charge in [0.1, 0.15) is 0 Å². The molecule has 16 heavy (non-hydrogen) atoms. The quantitative estimate of drug-likeness (QED) is 0.313. The van der Waals surface area contributed by atoms with Crippen molar-refractivity contribution in [1.29, 1.82) is 0 Å². The van der Waals surface area contributed by atoms with E-state index in [0.29, 0.717) is 6.04 Å². The van der Waals surface area contributed by atoms with Gasteiger partial charge in [0.2, 0.25) is 0 Å². The van der Waals surface area contributed by atoms with E-state index in [1.807, 2.05) is 41.5 Å². The first-order chi connectivity index (χ1) is 7.14. The van der Waals surface area contributed by atoms with Gasteiger partial charge in [0.25, 0.3) is 0 Å². The maximum Gasteiger partial charge on any atom is 0.399 e. The van der Waals surface area contributed by atoms with Gasteiger partial charge in [-0.25, -0.2) is 9.78 Å². The molecular formula is C11H24O4Si. The van der Waals surface area contributed by atoms with E-state index in [1.54, 1.807) is 6.08 Å². The van der Waals surface area contributed by atoms with Crippen LogP contribution in [-0.4, -0.2) is 20.5 Å². The summed E-state index contributed by atoms with van der Waals surface area (Å²) in [6.45, 7) is 15.1. The average molecular weight is 248 g/mol. The molecule has 4 nitrogen and oxygen atoms in total. The molecule has 0 saturated carbocycles. The third-order valence-corrected chi connectivity index (χ3v) is 2.51. The second-order valence-corrected chi connectivity index (χ2v) is 7.25. The van der Waals surface area contributed by atoms with Crippen LogP contribution in [0.2, 0.25) is 6.04 Å². The minimum atomic E-state index is -2.00. The van der Waals surface area contributed by atoms with E-state index in [-0.39, 0.29) is 11.2 Å². The highest BCUT2D eigenvalue weighted by Crippen LogP contribution is 2.13. The molecule has 0 aromatic heterocycles. The predicted molar refractivity (Wildman–Crippen MR) is 66.0 cm³/mol. The Morgan fingerprint density at radius 1 is 0.938 bits per heavy atom. The van der Waals surface area contributed by atoms with Gasteiger partial charge in [0.15, 0.2) is 0 Å². The third kappa shape index (κ3) is 10.3. The molecular weight excluding hydrogens is 224 g/mol. The lowest BCUT2D eigenvalue weighted by atomic mass is 10.2. The van der Waals surface area contributed by atoms with Gasteiger partial charge in [0, 0.05) is 6.04 Å². The van der Waals surface area contributed by atoms with Crippen LogP contribution in [0.25, 0.3) is 0 Å². The highest BCUT2D eigenvalue weighted by atomic mass is 28.3. The van der Waals surface area contributed by atoms with Gasteiger partial charge in [-0.2, -0.15) is 0 Å². The zero-order valence-corrected chi connectivity index (χ0v) is 12.4. The molecule has 0 aromatic rings. The van der Waals surface area contributed by atoms with Crippen LogP contribution in [0.3, 0.4) is 0 Å². The molecule has 0 rings (SSSR count). The van der Waals surface area contributed by atoms with Crippen molar-refractivity contribution in [3.8, 4) is 0 Å². The van der Waals surface area contributed by atoms with Crippen LogP contribution in [0.1, 0.15) is 41.5 Å². The summed E-state index contributed by atoms with van der Waals surface area (Å²) in [5.74, 6) is 0. The second-order valence-electron chi connectivity index (χ2n) is 5.54. The predicted octanol–water partition coefficient (Wildman–Crippen LogP) is 2.89. The van der Waals surface area contributed by atoms with E-state index >= 15 is 0 Å². The van der Waals surface area contributed by atoms with Gasteiger partial charge in [-0.15, -0.1) is 6.58 Å². The number of hydrogen-bond acceptors (Lipinski definition) is 4. The fraction of sp³-hybridized carbons (Fsp3) is 0.818. The van der Waals surface area contributed by atoms with Crippen LogP contribution < -0.4 is 0 Å². The Morgan fingerprint density at radius 2 is 1.31 bits per heavy atom. The highest BCUT2D eigenvalue weighted by molar-refractivity contribution is 6.44. The summed E-state index contributed by atoms with van der Waals surface area (Å²) in [5.41, 5.74) is -0.699. The lowest BCUT2D eigenvalue weighted by Crippen LogP contribution is -2.32. The lowest BCUT2D eigenvalue weighted by Gasteiger charge is -2.24. The van der Waals surface area contributed by atoms with E-state index in [1.165, 1.54) is 0 Å². The Morgan fingerprint density at radius 3 is 1.56 bits per heavy atom. The highest BCUT2D eigenvalue weighted by Gasteiger charge is 2.22. The first kappa shape index (κ1) is 15.8. The van der Waals surface area contributed by atoms with E-state index in [2.05, 4.69) is 6.58 Å². The molecule has 0 aliphatic carbocycles. The van der Waals surface area contributed by atoms with Crippen LogP contribution in [-0.2, 0) is 18.9 Å². The minimum absolute atomic E-state index is 0.350. The van der Waals surface area contributed by atoms with E-state index in [4.69, 9.17) is 18.9 Å². The molecule has 0 N–H and O–H groups in total. The Balaban J connectivity index is 4.02. The van der Waals surface area contributed by atoms with Gasteiger partial charge in [-0.1, -0.05) is 6.08 Å². The molecule has 0 atom stereocenters. The largest absolute Gasteiger partial charge is 0.399 e. The summed E-state index contributed by atoms with van der Waals surface area (Å²) in [6, 6.07) is 0.631. The number of rotatable bonds is 6. The van der Waals surface area contributed by atoms with Crippen LogP contribution in [0.15, 0.2) is 12.7 Å². The molecule has 0 aliphatic heterocycles.